The minimum Gasteiger partial charge on any atom is -0.294 e. The molecule has 1 aromatic rings. The fourth-order valence-corrected chi connectivity index (χ4v) is 2.64. The summed E-state index contributed by atoms with van der Waals surface area (Å²) in [5, 5.41) is 0. The van der Waals surface area contributed by atoms with Gasteiger partial charge in [0.25, 0.3) is 0 Å². The van der Waals surface area contributed by atoms with Crippen molar-refractivity contribution in [2.24, 2.45) is 11.8 Å². The summed E-state index contributed by atoms with van der Waals surface area (Å²) in [7, 11) is 0. The summed E-state index contributed by atoms with van der Waals surface area (Å²) < 4.78 is 13.3. The molecule has 0 atom stereocenters. The number of halogens is 1. The molecule has 0 bridgehead atoms. The zero-order valence-corrected chi connectivity index (χ0v) is 10.5. The predicted molar refractivity (Wildman–Crippen MR) is 66.6 cm³/mol. The molecule has 1 aliphatic carbocycles. The molecule has 2 rings (SSSR count). The van der Waals surface area contributed by atoms with Gasteiger partial charge in [-0.2, -0.15) is 0 Å². The van der Waals surface area contributed by atoms with Gasteiger partial charge in [-0.3, -0.25) is 4.79 Å². The number of benzene rings is 1. The van der Waals surface area contributed by atoms with Crippen molar-refractivity contribution >= 4 is 5.78 Å². The highest BCUT2D eigenvalue weighted by molar-refractivity contribution is 5.98. The Morgan fingerprint density at radius 3 is 2.41 bits per heavy atom. The number of carbonyl (C=O) groups excluding carboxylic acids is 1. The average molecular weight is 234 g/mol. The molecule has 1 aromatic carbocycles. The first kappa shape index (κ1) is 12.3. The number of hydrogen-bond acceptors (Lipinski definition) is 1. The highest BCUT2D eigenvalue weighted by atomic mass is 19.1. The Hall–Kier alpha value is -1.18. The second-order valence-corrected chi connectivity index (χ2v) is 5.34. The molecule has 2 heteroatoms. The summed E-state index contributed by atoms with van der Waals surface area (Å²) in [4.78, 5) is 12.2. The maximum absolute atomic E-state index is 13.3. The fraction of sp³-hybridized carbons (Fsp3) is 0.533. The quantitative estimate of drug-likeness (QED) is 0.703. The fourth-order valence-electron chi connectivity index (χ4n) is 2.64. The molecule has 1 aliphatic rings. The van der Waals surface area contributed by atoms with E-state index >= 15 is 0 Å². The number of carbonyl (C=O) groups is 1. The Kier molecular flexibility index (Phi) is 3.60. The van der Waals surface area contributed by atoms with Gasteiger partial charge in [-0.1, -0.05) is 19.8 Å². The lowest BCUT2D eigenvalue weighted by Crippen LogP contribution is -2.21. The van der Waals surface area contributed by atoms with Crippen molar-refractivity contribution in [2.45, 2.75) is 39.5 Å². The van der Waals surface area contributed by atoms with Crippen LogP contribution >= 0.6 is 0 Å². The number of hydrogen-bond donors (Lipinski definition) is 0. The Bertz CT molecular complexity index is 397. The van der Waals surface area contributed by atoms with E-state index in [4.69, 9.17) is 0 Å². The molecule has 17 heavy (non-hydrogen) atoms. The molecule has 0 aromatic heterocycles. The minimum atomic E-state index is -0.308. The lowest BCUT2D eigenvalue weighted by atomic mass is 9.79. The molecule has 0 aliphatic heterocycles. The third-order valence-corrected chi connectivity index (χ3v) is 3.71. The molecule has 92 valence electrons. The SMILES string of the molecule is Cc1cc(F)cc(C(=O)C2CCC(C)CC2)c1. The highest BCUT2D eigenvalue weighted by Crippen LogP contribution is 2.30. The molecule has 1 fully saturated rings. The molecule has 0 amide bonds. The smallest absolute Gasteiger partial charge is 0.166 e. The van der Waals surface area contributed by atoms with Gasteiger partial charge in [0.15, 0.2) is 5.78 Å². The largest absolute Gasteiger partial charge is 0.294 e. The van der Waals surface area contributed by atoms with E-state index in [1.807, 2.05) is 6.92 Å². The van der Waals surface area contributed by atoms with E-state index in [1.54, 1.807) is 6.07 Å². The summed E-state index contributed by atoms with van der Waals surface area (Å²) in [6.45, 7) is 4.05. The van der Waals surface area contributed by atoms with Gasteiger partial charge in [-0.25, -0.2) is 4.39 Å². The van der Waals surface area contributed by atoms with Gasteiger partial charge in [-0.05, 0) is 49.4 Å². The molecule has 1 saturated carbocycles. The molecular formula is C15H19FO. The van der Waals surface area contributed by atoms with Gasteiger partial charge in [0.05, 0.1) is 0 Å². The summed E-state index contributed by atoms with van der Waals surface area (Å²) in [6, 6.07) is 4.62. The van der Waals surface area contributed by atoms with E-state index < -0.39 is 0 Å². The number of rotatable bonds is 2. The van der Waals surface area contributed by atoms with E-state index in [9.17, 15) is 9.18 Å². The molecule has 0 saturated heterocycles. The number of aryl methyl sites for hydroxylation is 1. The third kappa shape index (κ3) is 2.93. The number of ketones is 1. The Balaban J connectivity index is 2.14. The van der Waals surface area contributed by atoms with Crippen LogP contribution in [0.15, 0.2) is 18.2 Å². The monoisotopic (exact) mass is 234 g/mol. The van der Waals surface area contributed by atoms with Crippen molar-refractivity contribution < 1.29 is 9.18 Å². The second kappa shape index (κ2) is 4.99. The number of Topliss-reactive ketones (excluding diaryl/α,β-unsaturated/α-hetero) is 1. The average Bonchev–Trinajstić information content (AvgIpc) is 2.28. The molecule has 0 spiro atoms. The van der Waals surface area contributed by atoms with E-state index in [0.29, 0.717) is 5.56 Å². The summed E-state index contributed by atoms with van der Waals surface area (Å²) in [5.41, 5.74) is 1.36. The maximum Gasteiger partial charge on any atom is 0.166 e. The standard InChI is InChI=1S/C15H19FO/c1-10-3-5-12(6-4-10)15(17)13-7-11(2)8-14(16)9-13/h7-10,12H,3-6H2,1-2H3. The summed E-state index contributed by atoms with van der Waals surface area (Å²) >= 11 is 0. The molecule has 0 unspecified atom stereocenters. The van der Waals surface area contributed by atoms with Gasteiger partial charge < -0.3 is 0 Å². The van der Waals surface area contributed by atoms with Crippen molar-refractivity contribution in [3.63, 3.8) is 0 Å². The Labute approximate surface area is 102 Å². The van der Waals surface area contributed by atoms with Crippen LogP contribution in [0.25, 0.3) is 0 Å². The van der Waals surface area contributed by atoms with Crippen LogP contribution in [0, 0.1) is 24.6 Å². The van der Waals surface area contributed by atoms with Gasteiger partial charge >= 0.3 is 0 Å². The predicted octanol–water partition coefficient (Wildman–Crippen LogP) is 4.14. The first-order chi connectivity index (χ1) is 8.06. The Morgan fingerprint density at radius 1 is 1.18 bits per heavy atom. The zero-order valence-electron chi connectivity index (χ0n) is 10.5. The molecular weight excluding hydrogens is 215 g/mol. The first-order valence-electron chi connectivity index (χ1n) is 6.37. The van der Waals surface area contributed by atoms with Crippen LogP contribution in [-0.2, 0) is 0 Å². The maximum atomic E-state index is 13.3. The van der Waals surface area contributed by atoms with Gasteiger partial charge in [-0.15, -0.1) is 0 Å². The first-order valence-corrected chi connectivity index (χ1v) is 6.37. The lowest BCUT2D eigenvalue weighted by Gasteiger charge is -2.25. The van der Waals surface area contributed by atoms with E-state index in [2.05, 4.69) is 6.92 Å². The van der Waals surface area contributed by atoms with E-state index in [1.165, 1.54) is 12.1 Å². The van der Waals surface area contributed by atoms with Crippen LogP contribution in [0.1, 0.15) is 48.5 Å². The van der Waals surface area contributed by atoms with E-state index in [-0.39, 0.29) is 17.5 Å². The van der Waals surface area contributed by atoms with Crippen molar-refractivity contribution in [1.82, 2.24) is 0 Å². The summed E-state index contributed by atoms with van der Waals surface area (Å²) in [6.07, 6.45) is 4.14. The molecule has 1 nitrogen and oxygen atoms in total. The van der Waals surface area contributed by atoms with Crippen LogP contribution < -0.4 is 0 Å². The third-order valence-electron chi connectivity index (χ3n) is 3.71. The van der Waals surface area contributed by atoms with Crippen LogP contribution in [0.3, 0.4) is 0 Å². The van der Waals surface area contributed by atoms with Crippen LogP contribution in [0.2, 0.25) is 0 Å². The lowest BCUT2D eigenvalue weighted by molar-refractivity contribution is 0.0875. The van der Waals surface area contributed by atoms with Crippen molar-refractivity contribution in [2.75, 3.05) is 0 Å². The Morgan fingerprint density at radius 2 is 1.82 bits per heavy atom. The minimum absolute atomic E-state index is 0.104. The molecule has 0 radical (unpaired) electrons. The summed E-state index contributed by atoms with van der Waals surface area (Å²) in [5.74, 6) is 0.651. The van der Waals surface area contributed by atoms with E-state index in [0.717, 1.165) is 37.2 Å². The topological polar surface area (TPSA) is 17.1 Å². The zero-order chi connectivity index (χ0) is 12.4. The molecule has 0 N–H and O–H groups in total. The van der Waals surface area contributed by atoms with Crippen molar-refractivity contribution in [3.8, 4) is 0 Å². The van der Waals surface area contributed by atoms with Crippen LogP contribution in [0.5, 0.6) is 0 Å². The van der Waals surface area contributed by atoms with Crippen LogP contribution in [-0.4, -0.2) is 5.78 Å². The van der Waals surface area contributed by atoms with Gasteiger partial charge in [0, 0.05) is 11.5 Å². The van der Waals surface area contributed by atoms with Crippen LogP contribution in [0.4, 0.5) is 4.39 Å². The van der Waals surface area contributed by atoms with Gasteiger partial charge in [0.2, 0.25) is 0 Å². The second-order valence-electron chi connectivity index (χ2n) is 5.34. The molecule has 0 heterocycles. The van der Waals surface area contributed by atoms with Gasteiger partial charge in [0.1, 0.15) is 5.82 Å². The highest BCUT2D eigenvalue weighted by Gasteiger charge is 2.25. The van der Waals surface area contributed by atoms with Crippen molar-refractivity contribution in [1.29, 1.82) is 0 Å². The normalized spacial score (nSPS) is 24.6. The van der Waals surface area contributed by atoms with Crippen molar-refractivity contribution in [3.05, 3.63) is 35.1 Å².